The molecule has 1 aromatic carbocycles. The molecule has 0 N–H and O–H groups in total. The summed E-state index contributed by atoms with van der Waals surface area (Å²) in [5.74, 6) is 0.932. The molecule has 0 radical (unpaired) electrons. The van der Waals surface area contributed by atoms with Gasteiger partial charge in [0.1, 0.15) is 11.4 Å². The third-order valence-corrected chi connectivity index (χ3v) is 5.32. The van der Waals surface area contributed by atoms with Crippen LogP contribution in [-0.4, -0.2) is 42.2 Å². The van der Waals surface area contributed by atoms with E-state index in [1.165, 1.54) is 10.9 Å². The number of hydrogen-bond acceptors (Lipinski definition) is 6. The molecule has 4 aromatic heterocycles. The minimum absolute atomic E-state index is 0.171. The Morgan fingerprint density at radius 3 is 2.66 bits per heavy atom. The molecule has 9 heteroatoms. The van der Waals surface area contributed by atoms with E-state index in [0.717, 1.165) is 5.56 Å². The van der Waals surface area contributed by atoms with Crippen molar-refractivity contribution in [1.82, 2.24) is 29.3 Å². The van der Waals surface area contributed by atoms with E-state index >= 15 is 0 Å². The summed E-state index contributed by atoms with van der Waals surface area (Å²) in [6, 6.07) is 9.40. The second-order valence-corrected chi connectivity index (χ2v) is 7.55. The Kier molecular flexibility index (Phi) is 5.12. The molecule has 32 heavy (non-hydrogen) atoms. The smallest absolute Gasteiger partial charge is 0.198 e. The Hall–Kier alpha value is -4.04. The molecule has 0 unspecified atom stereocenters. The number of fused-ring (bicyclic) bond motifs is 1. The third-order valence-electron chi connectivity index (χ3n) is 5.06. The minimum Gasteiger partial charge on any atom is -0.495 e. The maximum atomic E-state index is 13.4. The molecule has 0 amide bonds. The van der Waals surface area contributed by atoms with Crippen LogP contribution in [0.4, 0.5) is 0 Å². The molecule has 158 valence electrons. The molecule has 0 spiro atoms. The van der Waals surface area contributed by atoms with Crippen molar-refractivity contribution in [3.05, 3.63) is 95.4 Å². The van der Waals surface area contributed by atoms with Crippen LogP contribution < -0.4 is 4.74 Å². The summed E-state index contributed by atoms with van der Waals surface area (Å²) in [5.41, 5.74) is 2.67. The van der Waals surface area contributed by atoms with E-state index in [9.17, 15) is 4.79 Å². The van der Waals surface area contributed by atoms with Gasteiger partial charge in [-0.15, -0.1) is 0 Å². The van der Waals surface area contributed by atoms with Crippen molar-refractivity contribution in [2.24, 2.45) is 0 Å². The van der Waals surface area contributed by atoms with Gasteiger partial charge >= 0.3 is 0 Å². The first-order valence-corrected chi connectivity index (χ1v) is 10.1. The van der Waals surface area contributed by atoms with Gasteiger partial charge in [-0.05, 0) is 23.8 Å². The lowest BCUT2D eigenvalue weighted by molar-refractivity contribution is 0.104. The maximum absolute atomic E-state index is 13.4. The number of rotatable bonds is 6. The Morgan fingerprint density at radius 2 is 1.91 bits per heavy atom. The number of methoxy groups -OCH3 is 1. The van der Waals surface area contributed by atoms with Crippen molar-refractivity contribution in [1.29, 1.82) is 0 Å². The van der Waals surface area contributed by atoms with Crippen molar-refractivity contribution in [3.8, 4) is 11.6 Å². The van der Waals surface area contributed by atoms with Crippen molar-refractivity contribution in [2.75, 3.05) is 7.11 Å². The molecule has 0 saturated heterocycles. The van der Waals surface area contributed by atoms with Gasteiger partial charge in [0.05, 0.1) is 36.8 Å². The fraction of sp³-hybridized carbons (Fsp3) is 0.0870. The maximum Gasteiger partial charge on any atom is 0.198 e. The fourth-order valence-corrected chi connectivity index (χ4v) is 3.61. The monoisotopic (exact) mass is 444 g/mol. The van der Waals surface area contributed by atoms with Crippen LogP contribution in [0.25, 0.3) is 16.9 Å². The van der Waals surface area contributed by atoms with Crippen LogP contribution in [0.3, 0.4) is 0 Å². The van der Waals surface area contributed by atoms with E-state index in [4.69, 9.17) is 16.3 Å². The van der Waals surface area contributed by atoms with E-state index in [0.29, 0.717) is 45.3 Å². The Labute approximate surface area is 188 Å². The Balaban J connectivity index is 1.56. The number of hydrogen-bond donors (Lipinski definition) is 0. The topological polar surface area (TPSA) is 87.7 Å². The van der Waals surface area contributed by atoms with E-state index in [2.05, 4.69) is 20.1 Å². The Bertz CT molecular complexity index is 1410. The van der Waals surface area contributed by atoms with Crippen LogP contribution in [0.15, 0.2) is 73.7 Å². The summed E-state index contributed by atoms with van der Waals surface area (Å²) >= 11 is 6.01. The second-order valence-electron chi connectivity index (χ2n) is 7.11. The van der Waals surface area contributed by atoms with Crippen LogP contribution >= 0.6 is 11.6 Å². The highest BCUT2D eigenvalue weighted by atomic mass is 35.5. The van der Waals surface area contributed by atoms with Gasteiger partial charge in [-0.3, -0.25) is 9.78 Å². The predicted octanol–water partition coefficient (Wildman–Crippen LogP) is 3.95. The summed E-state index contributed by atoms with van der Waals surface area (Å²) in [7, 11) is 1.57. The standard InChI is InChI=1S/C23H17ClN6O2/c1-32-18-8-19-20(22(31)16-9-28-30(13-16)21-11-25-6-7-26-21)14-29(23(19)27-10-18)12-15-2-4-17(24)5-3-15/h2-11,13-14H,12H2,1H3. The van der Waals surface area contributed by atoms with Crippen LogP contribution in [0.2, 0.25) is 5.02 Å². The summed E-state index contributed by atoms with van der Waals surface area (Å²) in [6.07, 6.45) is 11.3. The van der Waals surface area contributed by atoms with Gasteiger partial charge in [-0.2, -0.15) is 5.10 Å². The molecular formula is C23H17ClN6O2. The highest BCUT2D eigenvalue weighted by molar-refractivity contribution is 6.30. The highest BCUT2D eigenvalue weighted by Crippen LogP contribution is 2.27. The lowest BCUT2D eigenvalue weighted by Crippen LogP contribution is -2.01. The highest BCUT2D eigenvalue weighted by Gasteiger charge is 2.20. The average molecular weight is 445 g/mol. The molecule has 0 fully saturated rings. The second kappa shape index (κ2) is 8.24. The number of carbonyl (C=O) groups excluding carboxylic acids is 1. The number of ether oxygens (including phenoxy) is 1. The van der Waals surface area contributed by atoms with Crippen LogP contribution in [0.1, 0.15) is 21.5 Å². The largest absolute Gasteiger partial charge is 0.495 e. The first-order chi connectivity index (χ1) is 15.6. The van der Waals surface area contributed by atoms with E-state index in [1.54, 1.807) is 38.1 Å². The molecule has 0 atom stereocenters. The van der Waals surface area contributed by atoms with Gasteiger partial charge < -0.3 is 9.30 Å². The zero-order chi connectivity index (χ0) is 22.1. The van der Waals surface area contributed by atoms with Crippen molar-refractivity contribution in [3.63, 3.8) is 0 Å². The normalized spacial score (nSPS) is 11.1. The molecule has 5 aromatic rings. The summed E-state index contributed by atoms with van der Waals surface area (Å²) in [5, 5.41) is 5.64. The molecule has 0 aliphatic heterocycles. The average Bonchev–Trinajstić information content (AvgIpc) is 3.46. The fourth-order valence-electron chi connectivity index (χ4n) is 3.48. The first-order valence-electron chi connectivity index (χ1n) is 9.75. The zero-order valence-electron chi connectivity index (χ0n) is 17.0. The molecule has 8 nitrogen and oxygen atoms in total. The van der Waals surface area contributed by atoms with Gasteiger partial charge in [0.25, 0.3) is 0 Å². The zero-order valence-corrected chi connectivity index (χ0v) is 17.8. The van der Waals surface area contributed by atoms with Gasteiger partial charge in [-0.1, -0.05) is 23.7 Å². The molecule has 4 heterocycles. The number of aromatic nitrogens is 6. The molecule has 0 aliphatic carbocycles. The summed E-state index contributed by atoms with van der Waals surface area (Å²) in [6.45, 7) is 0.541. The Morgan fingerprint density at radius 1 is 1.06 bits per heavy atom. The number of carbonyl (C=O) groups is 1. The lowest BCUT2D eigenvalue weighted by Gasteiger charge is -2.05. The summed E-state index contributed by atoms with van der Waals surface area (Å²) in [4.78, 5) is 26.2. The van der Waals surface area contributed by atoms with Crippen LogP contribution in [0.5, 0.6) is 5.75 Å². The predicted molar refractivity (Wildman–Crippen MR) is 119 cm³/mol. The molecule has 0 bridgehead atoms. The molecular weight excluding hydrogens is 428 g/mol. The van der Waals surface area contributed by atoms with Crippen LogP contribution in [-0.2, 0) is 6.54 Å². The van der Waals surface area contributed by atoms with Crippen molar-refractivity contribution < 1.29 is 9.53 Å². The minimum atomic E-state index is -0.171. The lowest BCUT2D eigenvalue weighted by atomic mass is 10.1. The molecule has 0 saturated carbocycles. The quantitative estimate of drug-likeness (QED) is 0.368. The number of nitrogens with zero attached hydrogens (tertiary/aromatic N) is 6. The van der Waals surface area contributed by atoms with E-state index in [-0.39, 0.29) is 5.78 Å². The number of ketones is 1. The summed E-state index contributed by atoms with van der Waals surface area (Å²) < 4.78 is 8.80. The van der Waals surface area contributed by atoms with Crippen LogP contribution in [0, 0.1) is 0 Å². The molecule has 5 rings (SSSR count). The van der Waals surface area contributed by atoms with Crippen molar-refractivity contribution in [2.45, 2.75) is 6.54 Å². The van der Waals surface area contributed by atoms with Gasteiger partial charge in [0.15, 0.2) is 11.6 Å². The van der Waals surface area contributed by atoms with E-state index in [1.807, 2.05) is 41.1 Å². The van der Waals surface area contributed by atoms with E-state index < -0.39 is 0 Å². The third kappa shape index (κ3) is 3.72. The van der Waals surface area contributed by atoms with Gasteiger partial charge in [0.2, 0.25) is 0 Å². The van der Waals surface area contributed by atoms with Gasteiger partial charge in [-0.25, -0.2) is 14.6 Å². The van der Waals surface area contributed by atoms with Crippen molar-refractivity contribution >= 4 is 28.4 Å². The molecule has 0 aliphatic rings. The SMILES string of the molecule is COc1cnc2c(c1)c(C(=O)c1cnn(-c3cnccn3)c1)cn2Cc1ccc(Cl)cc1. The number of pyridine rings is 1. The number of benzene rings is 1. The first kappa shape index (κ1) is 19.9. The van der Waals surface area contributed by atoms with Gasteiger partial charge in [0, 0.05) is 41.7 Å². The number of halogens is 1.